The average Bonchev–Trinajstić information content (AvgIpc) is 2.40. The molecule has 0 bridgehead atoms. The van der Waals surface area contributed by atoms with Gasteiger partial charge in [-0.3, -0.25) is 0 Å². The van der Waals surface area contributed by atoms with Crippen LogP contribution in [0.3, 0.4) is 0 Å². The summed E-state index contributed by atoms with van der Waals surface area (Å²) < 4.78 is 0. The van der Waals surface area contributed by atoms with Crippen molar-refractivity contribution >= 4 is 6.03 Å². The molecule has 1 aliphatic heterocycles. The molecule has 20 heavy (non-hydrogen) atoms. The summed E-state index contributed by atoms with van der Waals surface area (Å²) in [5.41, 5.74) is -0.370. The van der Waals surface area contributed by atoms with Crippen LogP contribution in [-0.2, 0) is 0 Å². The standard InChI is InChI=1S/C16H30N2O2/c1-13-5-4-10-18(11-13)14(19)17-12-16(20)8-6-15(2,3)7-9-16/h13,20H,4-12H2,1-3H3,(H,17,19). The van der Waals surface area contributed by atoms with Gasteiger partial charge in [0.2, 0.25) is 0 Å². The van der Waals surface area contributed by atoms with Gasteiger partial charge in [-0.15, -0.1) is 0 Å². The summed E-state index contributed by atoms with van der Waals surface area (Å²) >= 11 is 0. The first kappa shape index (κ1) is 15.6. The van der Waals surface area contributed by atoms with Crippen LogP contribution in [-0.4, -0.2) is 41.3 Å². The van der Waals surface area contributed by atoms with Gasteiger partial charge < -0.3 is 15.3 Å². The number of piperidine rings is 1. The zero-order chi connectivity index (χ0) is 14.8. The number of nitrogens with zero attached hydrogens (tertiary/aromatic N) is 1. The van der Waals surface area contributed by atoms with E-state index in [1.54, 1.807) is 0 Å². The summed E-state index contributed by atoms with van der Waals surface area (Å²) in [6, 6.07) is -0.00481. The van der Waals surface area contributed by atoms with Gasteiger partial charge in [0.1, 0.15) is 0 Å². The van der Waals surface area contributed by atoms with Gasteiger partial charge in [-0.1, -0.05) is 20.8 Å². The number of nitrogens with one attached hydrogen (secondary N) is 1. The molecule has 1 heterocycles. The maximum Gasteiger partial charge on any atom is 0.317 e. The number of rotatable bonds is 2. The van der Waals surface area contributed by atoms with Crippen LogP contribution in [0.5, 0.6) is 0 Å². The lowest BCUT2D eigenvalue weighted by Gasteiger charge is -2.40. The Morgan fingerprint density at radius 1 is 1.30 bits per heavy atom. The van der Waals surface area contributed by atoms with Crippen molar-refractivity contribution in [2.75, 3.05) is 19.6 Å². The van der Waals surface area contributed by atoms with Crippen molar-refractivity contribution in [1.29, 1.82) is 0 Å². The number of urea groups is 1. The van der Waals surface area contributed by atoms with Crippen LogP contribution in [0.25, 0.3) is 0 Å². The van der Waals surface area contributed by atoms with E-state index in [4.69, 9.17) is 0 Å². The maximum atomic E-state index is 12.2. The smallest absolute Gasteiger partial charge is 0.317 e. The van der Waals surface area contributed by atoms with Crippen LogP contribution in [0.2, 0.25) is 0 Å². The molecule has 4 heteroatoms. The summed E-state index contributed by atoms with van der Waals surface area (Å²) in [7, 11) is 0. The molecule has 2 amide bonds. The first-order chi connectivity index (χ1) is 9.30. The van der Waals surface area contributed by atoms with Gasteiger partial charge in [0, 0.05) is 19.6 Å². The highest BCUT2D eigenvalue weighted by atomic mass is 16.3. The topological polar surface area (TPSA) is 52.6 Å². The van der Waals surface area contributed by atoms with Crippen molar-refractivity contribution in [3.05, 3.63) is 0 Å². The van der Waals surface area contributed by atoms with Crippen LogP contribution >= 0.6 is 0 Å². The number of amides is 2. The quantitative estimate of drug-likeness (QED) is 0.818. The van der Waals surface area contributed by atoms with E-state index in [0.29, 0.717) is 17.9 Å². The van der Waals surface area contributed by atoms with Crippen LogP contribution < -0.4 is 5.32 Å². The van der Waals surface area contributed by atoms with Gasteiger partial charge in [0.25, 0.3) is 0 Å². The third-order valence-electron chi connectivity index (χ3n) is 5.05. The molecule has 2 N–H and O–H groups in total. The number of carbonyl (C=O) groups is 1. The minimum absolute atomic E-state index is 0.00481. The minimum atomic E-state index is -0.702. The summed E-state index contributed by atoms with van der Waals surface area (Å²) in [6.07, 6.45) is 5.93. The Balaban J connectivity index is 1.78. The number of carbonyl (C=O) groups excluding carboxylic acids is 1. The number of aliphatic hydroxyl groups is 1. The molecule has 1 saturated carbocycles. The fourth-order valence-electron chi connectivity index (χ4n) is 3.29. The van der Waals surface area contributed by atoms with Gasteiger partial charge in [-0.05, 0) is 49.9 Å². The Morgan fingerprint density at radius 2 is 1.95 bits per heavy atom. The van der Waals surface area contributed by atoms with Crippen molar-refractivity contribution in [1.82, 2.24) is 10.2 Å². The fourth-order valence-corrected chi connectivity index (χ4v) is 3.29. The predicted octanol–water partition coefficient (Wildman–Crippen LogP) is 2.76. The first-order valence-corrected chi connectivity index (χ1v) is 8.05. The molecule has 4 nitrogen and oxygen atoms in total. The zero-order valence-electron chi connectivity index (χ0n) is 13.2. The summed E-state index contributed by atoms with van der Waals surface area (Å²) in [5, 5.41) is 13.5. The molecule has 1 atom stereocenters. The van der Waals surface area contributed by atoms with E-state index < -0.39 is 5.60 Å². The van der Waals surface area contributed by atoms with E-state index in [1.165, 1.54) is 6.42 Å². The Kier molecular flexibility index (Phi) is 4.62. The van der Waals surface area contributed by atoms with Crippen molar-refractivity contribution in [2.45, 2.75) is 64.9 Å². The van der Waals surface area contributed by atoms with E-state index in [9.17, 15) is 9.90 Å². The van der Waals surface area contributed by atoms with Gasteiger partial charge in [0.05, 0.1) is 5.60 Å². The minimum Gasteiger partial charge on any atom is -0.388 e. The molecule has 2 fully saturated rings. The largest absolute Gasteiger partial charge is 0.388 e. The fraction of sp³-hybridized carbons (Fsp3) is 0.938. The van der Waals surface area contributed by atoms with Crippen molar-refractivity contribution < 1.29 is 9.90 Å². The molecular formula is C16H30N2O2. The van der Waals surface area contributed by atoms with Crippen molar-refractivity contribution in [3.8, 4) is 0 Å². The van der Waals surface area contributed by atoms with Crippen LogP contribution in [0.15, 0.2) is 0 Å². The normalized spacial score (nSPS) is 29.0. The van der Waals surface area contributed by atoms with Crippen molar-refractivity contribution in [2.24, 2.45) is 11.3 Å². The zero-order valence-corrected chi connectivity index (χ0v) is 13.2. The molecular weight excluding hydrogens is 252 g/mol. The van der Waals surface area contributed by atoms with E-state index in [1.807, 2.05) is 4.90 Å². The lowest BCUT2D eigenvalue weighted by molar-refractivity contribution is -0.0231. The molecule has 2 aliphatic rings. The highest BCUT2D eigenvalue weighted by Gasteiger charge is 2.37. The first-order valence-electron chi connectivity index (χ1n) is 8.05. The Labute approximate surface area is 122 Å². The third-order valence-corrected chi connectivity index (χ3v) is 5.05. The van der Waals surface area contributed by atoms with Gasteiger partial charge in [0.15, 0.2) is 0 Å². The molecule has 0 aromatic carbocycles. The molecule has 1 aliphatic carbocycles. The SMILES string of the molecule is CC1CCCN(C(=O)NCC2(O)CCC(C)(C)CC2)C1. The number of hydrogen-bond acceptors (Lipinski definition) is 2. The van der Waals surface area contributed by atoms with Crippen LogP contribution in [0, 0.1) is 11.3 Å². The predicted molar refractivity (Wildman–Crippen MR) is 80.6 cm³/mol. The number of likely N-dealkylation sites (tertiary alicyclic amines) is 1. The van der Waals surface area contributed by atoms with E-state index in [-0.39, 0.29) is 6.03 Å². The Hall–Kier alpha value is -0.770. The highest BCUT2D eigenvalue weighted by Crippen LogP contribution is 2.39. The summed E-state index contributed by atoms with van der Waals surface area (Å²) in [4.78, 5) is 14.1. The summed E-state index contributed by atoms with van der Waals surface area (Å²) in [6.45, 7) is 8.78. The third kappa shape index (κ3) is 4.11. The summed E-state index contributed by atoms with van der Waals surface area (Å²) in [5.74, 6) is 0.591. The second-order valence-electron chi connectivity index (χ2n) is 7.74. The molecule has 0 radical (unpaired) electrons. The van der Waals surface area contributed by atoms with Crippen LogP contribution in [0.4, 0.5) is 4.79 Å². The lowest BCUT2D eigenvalue weighted by Crippen LogP contribution is -2.51. The average molecular weight is 282 g/mol. The maximum absolute atomic E-state index is 12.2. The van der Waals surface area contributed by atoms with Gasteiger partial charge >= 0.3 is 6.03 Å². The molecule has 1 unspecified atom stereocenters. The molecule has 2 rings (SSSR count). The molecule has 116 valence electrons. The van der Waals surface area contributed by atoms with Crippen molar-refractivity contribution in [3.63, 3.8) is 0 Å². The molecule has 0 aromatic heterocycles. The van der Waals surface area contributed by atoms with E-state index in [0.717, 1.165) is 45.2 Å². The second kappa shape index (κ2) is 5.92. The monoisotopic (exact) mass is 282 g/mol. The van der Waals surface area contributed by atoms with Crippen LogP contribution in [0.1, 0.15) is 59.3 Å². The second-order valence-corrected chi connectivity index (χ2v) is 7.74. The molecule has 0 spiro atoms. The van der Waals surface area contributed by atoms with E-state index in [2.05, 4.69) is 26.1 Å². The lowest BCUT2D eigenvalue weighted by atomic mass is 9.71. The molecule has 1 saturated heterocycles. The molecule has 0 aromatic rings. The Bertz CT molecular complexity index is 344. The van der Waals surface area contributed by atoms with Gasteiger partial charge in [-0.25, -0.2) is 4.79 Å². The highest BCUT2D eigenvalue weighted by molar-refractivity contribution is 5.74. The number of hydrogen-bond donors (Lipinski definition) is 2. The van der Waals surface area contributed by atoms with E-state index >= 15 is 0 Å². The Morgan fingerprint density at radius 3 is 2.55 bits per heavy atom. The van der Waals surface area contributed by atoms with Gasteiger partial charge in [-0.2, -0.15) is 0 Å².